The van der Waals surface area contributed by atoms with Crippen LogP contribution >= 0.6 is 0 Å². The number of benzene rings is 2. The van der Waals surface area contributed by atoms with Crippen molar-refractivity contribution in [3.8, 4) is 0 Å². The molecule has 0 aliphatic carbocycles. The van der Waals surface area contributed by atoms with E-state index in [-0.39, 0.29) is 12.4 Å². The second-order valence-corrected chi connectivity index (χ2v) is 5.92. The molecule has 0 aliphatic heterocycles. The van der Waals surface area contributed by atoms with E-state index in [0.29, 0.717) is 5.69 Å². The lowest BCUT2D eigenvalue weighted by molar-refractivity contribution is 0.282. The summed E-state index contributed by atoms with van der Waals surface area (Å²) in [5, 5.41) is 8.92. The van der Waals surface area contributed by atoms with Gasteiger partial charge in [0.1, 0.15) is 0 Å². The van der Waals surface area contributed by atoms with E-state index in [4.69, 9.17) is 5.11 Å². The van der Waals surface area contributed by atoms with Crippen molar-refractivity contribution < 1.29 is 13.5 Å². The molecule has 2 aromatic rings. The topological polar surface area (TPSA) is 66.4 Å². The summed E-state index contributed by atoms with van der Waals surface area (Å²) in [7, 11) is -3.42. The molecule has 0 fully saturated rings. The Labute approximate surface area is 112 Å². The zero-order valence-electron chi connectivity index (χ0n) is 10.3. The highest BCUT2D eigenvalue weighted by atomic mass is 32.2. The maximum atomic E-state index is 12.0. The Morgan fingerprint density at radius 2 is 1.53 bits per heavy atom. The van der Waals surface area contributed by atoms with Gasteiger partial charge in [0.15, 0.2) is 0 Å². The van der Waals surface area contributed by atoms with E-state index in [1.807, 2.05) is 6.07 Å². The molecule has 0 bridgehead atoms. The number of sulfonamides is 1. The van der Waals surface area contributed by atoms with E-state index < -0.39 is 10.0 Å². The van der Waals surface area contributed by atoms with Crippen LogP contribution in [0.3, 0.4) is 0 Å². The van der Waals surface area contributed by atoms with Crippen LogP contribution in [0.4, 0.5) is 5.69 Å². The first-order valence-corrected chi connectivity index (χ1v) is 7.48. The van der Waals surface area contributed by atoms with Crippen LogP contribution < -0.4 is 4.72 Å². The SMILES string of the molecule is O=S(=O)(Cc1ccccc1)Nc1ccc(CO)cc1. The molecule has 19 heavy (non-hydrogen) atoms. The Balaban J connectivity index is 2.08. The number of nitrogens with one attached hydrogen (secondary N) is 1. The largest absolute Gasteiger partial charge is 0.392 e. The van der Waals surface area contributed by atoms with E-state index >= 15 is 0 Å². The average Bonchev–Trinajstić information content (AvgIpc) is 2.39. The third kappa shape index (κ3) is 4.08. The third-order valence-corrected chi connectivity index (χ3v) is 3.87. The quantitative estimate of drug-likeness (QED) is 0.879. The third-order valence-electron chi connectivity index (χ3n) is 2.61. The highest BCUT2D eigenvalue weighted by Gasteiger charge is 2.11. The summed E-state index contributed by atoms with van der Waals surface area (Å²) in [5.41, 5.74) is 1.97. The number of hydrogen-bond acceptors (Lipinski definition) is 3. The summed E-state index contributed by atoms with van der Waals surface area (Å²) in [6.07, 6.45) is 0. The van der Waals surface area contributed by atoms with Crippen molar-refractivity contribution in [2.24, 2.45) is 0 Å². The van der Waals surface area contributed by atoms with Crippen molar-refractivity contribution in [1.29, 1.82) is 0 Å². The second-order valence-electron chi connectivity index (χ2n) is 4.20. The Morgan fingerprint density at radius 3 is 2.11 bits per heavy atom. The smallest absolute Gasteiger partial charge is 0.236 e. The predicted molar refractivity (Wildman–Crippen MR) is 75.1 cm³/mol. The molecule has 4 nitrogen and oxygen atoms in total. The van der Waals surface area contributed by atoms with Gasteiger partial charge in [-0.2, -0.15) is 0 Å². The molecule has 2 N–H and O–H groups in total. The lowest BCUT2D eigenvalue weighted by Gasteiger charge is -2.08. The Kier molecular flexibility index (Phi) is 4.19. The van der Waals surface area contributed by atoms with Crippen LogP contribution in [0, 0.1) is 0 Å². The van der Waals surface area contributed by atoms with Crippen molar-refractivity contribution in [1.82, 2.24) is 0 Å². The van der Waals surface area contributed by atoms with E-state index in [9.17, 15) is 8.42 Å². The molecule has 0 spiro atoms. The number of rotatable bonds is 5. The van der Waals surface area contributed by atoms with Crippen LogP contribution in [0.25, 0.3) is 0 Å². The lowest BCUT2D eigenvalue weighted by Crippen LogP contribution is -2.15. The first kappa shape index (κ1) is 13.6. The predicted octanol–water partition coefficient (Wildman–Crippen LogP) is 2.12. The maximum Gasteiger partial charge on any atom is 0.236 e. The van der Waals surface area contributed by atoms with E-state index in [2.05, 4.69) is 4.72 Å². The summed E-state index contributed by atoms with van der Waals surface area (Å²) < 4.78 is 26.4. The number of aliphatic hydroxyl groups is 1. The minimum absolute atomic E-state index is 0.0585. The Hall–Kier alpha value is -1.85. The van der Waals surface area contributed by atoms with Gasteiger partial charge in [0, 0.05) is 5.69 Å². The lowest BCUT2D eigenvalue weighted by atomic mass is 10.2. The first-order chi connectivity index (χ1) is 9.09. The molecule has 0 aliphatic rings. The Bertz CT molecular complexity index is 622. The van der Waals surface area contributed by atoms with Crippen molar-refractivity contribution in [2.75, 3.05) is 4.72 Å². The minimum atomic E-state index is -3.42. The molecular formula is C14H15NO3S. The molecular weight excluding hydrogens is 262 g/mol. The molecule has 0 amide bonds. The van der Waals surface area contributed by atoms with Gasteiger partial charge >= 0.3 is 0 Å². The number of hydrogen-bond donors (Lipinski definition) is 2. The van der Waals surface area contributed by atoms with Gasteiger partial charge in [0.25, 0.3) is 0 Å². The zero-order chi connectivity index (χ0) is 13.7. The van der Waals surface area contributed by atoms with Crippen LogP contribution in [-0.2, 0) is 22.4 Å². The normalized spacial score (nSPS) is 11.2. The minimum Gasteiger partial charge on any atom is -0.392 e. The van der Waals surface area contributed by atoms with Crippen molar-refractivity contribution in [2.45, 2.75) is 12.4 Å². The van der Waals surface area contributed by atoms with Gasteiger partial charge < -0.3 is 5.11 Å². The van der Waals surface area contributed by atoms with Crippen LogP contribution in [-0.4, -0.2) is 13.5 Å². The van der Waals surface area contributed by atoms with Crippen LogP contribution in [0.1, 0.15) is 11.1 Å². The second kappa shape index (κ2) is 5.86. The van der Waals surface area contributed by atoms with Gasteiger partial charge in [0.2, 0.25) is 10.0 Å². The fourth-order valence-corrected chi connectivity index (χ4v) is 2.89. The number of aliphatic hydroxyl groups excluding tert-OH is 1. The maximum absolute atomic E-state index is 12.0. The highest BCUT2D eigenvalue weighted by molar-refractivity contribution is 7.91. The van der Waals surface area contributed by atoms with Gasteiger partial charge in [-0.25, -0.2) is 8.42 Å². The summed E-state index contributed by atoms with van der Waals surface area (Å²) in [6, 6.07) is 15.6. The first-order valence-electron chi connectivity index (χ1n) is 5.83. The number of anilines is 1. The highest BCUT2D eigenvalue weighted by Crippen LogP contribution is 2.14. The fourth-order valence-electron chi connectivity index (χ4n) is 1.69. The molecule has 5 heteroatoms. The summed E-state index contributed by atoms with van der Waals surface area (Å²) in [6.45, 7) is -0.0585. The van der Waals surface area contributed by atoms with Crippen molar-refractivity contribution in [3.63, 3.8) is 0 Å². The monoisotopic (exact) mass is 277 g/mol. The molecule has 0 saturated heterocycles. The summed E-state index contributed by atoms with van der Waals surface area (Å²) in [5.74, 6) is -0.0599. The van der Waals surface area contributed by atoms with Crippen LogP contribution in [0.15, 0.2) is 54.6 Å². The van der Waals surface area contributed by atoms with Crippen LogP contribution in [0.2, 0.25) is 0 Å². The summed E-state index contributed by atoms with van der Waals surface area (Å²) in [4.78, 5) is 0. The summed E-state index contributed by atoms with van der Waals surface area (Å²) >= 11 is 0. The molecule has 100 valence electrons. The van der Waals surface area contributed by atoms with Crippen molar-refractivity contribution >= 4 is 15.7 Å². The van der Waals surface area contributed by atoms with Crippen molar-refractivity contribution in [3.05, 3.63) is 65.7 Å². The van der Waals surface area contributed by atoms with Gasteiger partial charge in [0.05, 0.1) is 12.4 Å². The van der Waals surface area contributed by atoms with E-state index in [0.717, 1.165) is 11.1 Å². The average molecular weight is 277 g/mol. The van der Waals surface area contributed by atoms with Gasteiger partial charge in [-0.1, -0.05) is 42.5 Å². The molecule has 0 unspecified atom stereocenters. The molecule has 0 saturated carbocycles. The van der Waals surface area contributed by atoms with E-state index in [1.54, 1.807) is 48.5 Å². The zero-order valence-corrected chi connectivity index (χ0v) is 11.1. The van der Waals surface area contributed by atoms with Crippen LogP contribution in [0.5, 0.6) is 0 Å². The molecule has 0 atom stereocenters. The fraction of sp³-hybridized carbons (Fsp3) is 0.143. The molecule has 0 radical (unpaired) electrons. The van der Waals surface area contributed by atoms with Gasteiger partial charge in [-0.3, -0.25) is 4.72 Å². The van der Waals surface area contributed by atoms with Gasteiger partial charge in [-0.15, -0.1) is 0 Å². The molecule has 0 aromatic heterocycles. The van der Waals surface area contributed by atoms with Gasteiger partial charge in [-0.05, 0) is 23.3 Å². The standard InChI is InChI=1S/C14H15NO3S/c16-10-12-6-8-14(9-7-12)15-19(17,18)11-13-4-2-1-3-5-13/h1-9,15-16H,10-11H2. The molecule has 0 heterocycles. The van der Waals surface area contributed by atoms with E-state index in [1.165, 1.54) is 0 Å². The molecule has 2 aromatic carbocycles. The molecule has 2 rings (SSSR count). The Morgan fingerprint density at radius 1 is 0.895 bits per heavy atom.